The van der Waals surface area contributed by atoms with Crippen LogP contribution >= 0.6 is 0 Å². The van der Waals surface area contributed by atoms with Gasteiger partial charge in [-0.15, -0.1) is 0 Å². The molecule has 0 aromatic carbocycles. The van der Waals surface area contributed by atoms with Crippen LogP contribution in [0.15, 0.2) is 0 Å². The second-order valence-electron chi connectivity index (χ2n) is 4.95. The molecule has 0 spiro atoms. The van der Waals surface area contributed by atoms with Crippen molar-refractivity contribution in [1.82, 2.24) is 9.21 Å². The summed E-state index contributed by atoms with van der Waals surface area (Å²) in [5, 5.41) is 7.46. The van der Waals surface area contributed by atoms with Gasteiger partial charge < -0.3 is 10.6 Å². The minimum absolute atomic E-state index is 0.0756. The fourth-order valence-electron chi connectivity index (χ4n) is 3.08. The predicted octanol–water partition coefficient (Wildman–Crippen LogP) is 0.334. The van der Waals surface area contributed by atoms with Gasteiger partial charge in [0.25, 0.3) is 0 Å². The van der Waals surface area contributed by atoms with Gasteiger partial charge in [0.15, 0.2) is 5.96 Å². The van der Waals surface area contributed by atoms with Crippen molar-refractivity contribution in [3.05, 3.63) is 0 Å². The van der Waals surface area contributed by atoms with Crippen molar-refractivity contribution in [3.8, 4) is 0 Å². The summed E-state index contributed by atoms with van der Waals surface area (Å²) in [5.41, 5.74) is 5.50. The first-order valence-corrected chi connectivity index (χ1v) is 7.03. The average Bonchev–Trinajstić information content (AvgIpc) is 2.25. The fraction of sp³-hybridized carbons (Fsp3) is 0.900. The number of fused-ring (bicyclic) bond motifs is 2. The van der Waals surface area contributed by atoms with Crippen LogP contribution in [0.5, 0.6) is 0 Å². The minimum Gasteiger partial charge on any atom is -0.370 e. The molecule has 2 rings (SSSR count). The van der Waals surface area contributed by atoms with E-state index in [2.05, 4.69) is 0 Å². The summed E-state index contributed by atoms with van der Waals surface area (Å²) in [7, 11) is 1.83. The molecule has 2 unspecified atom stereocenters. The molecule has 2 aliphatic heterocycles. The Labute approximate surface area is 104 Å². The van der Waals surface area contributed by atoms with Crippen molar-refractivity contribution >= 4 is 17.2 Å². The number of hydrogen-bond acceptors (Lipinski definition) is 2. The highest BCUT2D eigenvalue weighted by Crippen LogP contribution is 2.36. The number of guanidine groups is 1. The summed E-state index contributed by atoms with van der Waals surface area (Å²) < 4.78 is 22.4. The molecule has 6 nitrogen and oxygen atoms in total. The van der Waals surface area contributed by atoms with Gasteiger partial charge >= 0.3 is 0 Å². The molecule has 98 valence electrons. The summed E-state index contributed by atoms with van der Waals surface area (Å²) in [6.07, 6.45) is 4.69. The molecular formula is C10H20N4O2S. The summed E-state index contributed by atoms with van der Waals surface area (Å²) in [4.78, 5) is 1.78. The SMILES string of the molecule is CN(C(=N)N)C1C[C@H]2CCC[C@@H](C1)N2S(=O)O. The molecule has 4 N–H and O–H groups in total. The fourth-order valence-corrected chi connectivity index (χ4v) is 3.97. The van der Waals surface area contributed by atoms with Gasteiger partial charge in [0, 0.05) is 25.2 Å². The Morgan fingerprint density at radius 2 is 2.00 bits per heavy atom. The van der Waals surface area contributed by atoms with E-state index in [1.54, 1.807) is 9.21 Å². The Bertz CT molecular complexity index is 324. The van der Waals surface area contributed by atoms with Gasteiger partial charge in [-0.2, -0.15) is 4.31 Å². The normalized spacial score (nSPS) is 35.3. The van der Waals surface area contributed by atoms with E-state index in [4.69, 9.17) is 11.1 Å². The van der Waals surface area contributed by atoms with Crippen molar-refractivity contribution < 1.29 is 8.76 Å². The molecule has 0 aliphatic carbocycles. The topological polar surface area (TPSA) is 93.7 Å². The Balaban J connectivity index is 2.11. The predicted molar refractivity (Wildman–Crippen MR) is 66.7 cm³/mol. The molecule has 0 saturated carbocycles. The van der Waals surface area contributed by atoms with Gasteiger partial charge in [-0.05, 0) is 25.7 Å². The lowest BCUT2D eigenvalue weighted by molar-refractivity contribution is 0.0759. The maximum Gasteiger partial charge on any atom is 0.235 e. The number of nitrogens with zero attached hydrogens (tertiary/aromatic N) is 2. The minimum atomic E-state index is -1.87. The highest BCUT2D eigenvalue weighted by atomic mass is 32.2. The zero-order valence-electron chi connectivity index (χ0n) is 10.0. The third kappa shape index (κ3) is 2.46. The van der Waals surface area contributed by atoms with Crippen molar-refractivity contribution in [3.63, 3.8) is 0 Å². The van der Waals surface area contributed by atoms with Gasteiger partial charge in [0.05, 0.1) is 0 Å². The van der Waals surface area contributed by atoms with Gasteiger partial charge in [-0.3, -0.25) is 9.96 Å². The molecule has 2 aliphatic rings. The first kappa shape index (κ1) is 12.8. The van der Waals surface area contributed by atoms with Crippen LogP contribution in [0.2, 0.25) is 0 Å². The van der Waals surface area contributed by atoms with Crippen molar-refractivity contribution in [1.29, 1.82) is 5.41 Å². The molecule has 2 saturated heterocycles. The van der Waals surface area contributed by atoms with Crippen LogP contribution in [-0.2, 0) is 11.3 Å². The highest BCUT2D eigenvalue weighted by Gasteiger charge is 2.42. The van der Waals surface area contributed by atoms with Crippen molar-refractivity contribution in [2.45, 2.75) is 50.2 Å². The van der Waals surface area contributed by atoms with E-state index in [1.807, 2.05) is 7.05 Å². The quantitative estimate of drug-likeness (QED) is 0.379. The Morgan fingerprint density at radius 1 is 1.47 bits per heavy atom. The average molecular weight is 260 g/mol. The lowest BCUT2D eigenvalue weighted by atomic mass is 9.83. The smallest absolute Gasteiger partial charge is 0.235 e. The van der Waals surface area contributed by atoms with Crippen LogP contribution in [-0.4, -0.2) is 49.1 Å². The zero-order chi connectivity index (χ0) is 12.6. The number of rotatable bonds is 2. The second kappa shape index (κ2) is 4.91. The molecule has 2 bridgehead atoms. The largest absolute Gasteiger partial charge is 0.370 e. The first-order chi connectivity index (χ1) is 8.00. The van der Waals surface area contributed by atoms with E-state index >= 15 is 0 Å². The molecule has 4 atom stereocenters. The molecule has 0 radical (unpaired) electrons. The third-order valence-electron chi connectivity index (χ3n) is 3.99. The highest BCUT2D eigenvalue weighted by molar-refractivity contribution is 7.76. The van der Waals surface area contributed by atoms with E-state index in [1.165, 1.54) is 0 Å². The van der Waals surface area contributed by atoms with Gasteiger partial charge in [-0.25, -0.2) is 4.21 Å². The molecule has 0 aromatic heterocycles. The Kier molecular flexibility index (Phi) is 3.70. The van der Waals surface area contributed by atoms with Crippen LogP contribution in [0.4, 0.5) is 0 Å². The standard InChI is InChI=1S/C10H20N4O2S/c1-13(10(11)12)9-5-7-3-2-4-8(6-9)14(7)17(15)16/h7-9H,2-6H2,1H3,(H3,11,12)(H,15,16)/t7-,8+,9?. The van der Waals surface area contributed by atoms with Gasteiger partial charge in [0.2, 0.25) is 11.3 Å². The van der Waals surface area contributed by atoms with E-state index in [9.17, 15) is 8.76 Å². The third-order valence-corrected chi connectivity index (χ3v) is 4.95. The summed E-state index contributed by atoms with van der Waals surface area (Å²) in [5.74, 6) is 0.0756. The zero-order valence-corrected chi connectivity index (χ0v) is 10.8. The van der Waals surface area contributed by atoms with E-state index in [0.717, 1.165) is 32.1 Å². The van der Waals surface area contributed by atoms with E-state index in [0.29, 0.717) is 0 Å². The Morgan fingerprint density at radius 3 is 2.41 bits per heavy atom. The van der Waals surface area contributed by atoms with Crippen LogP contribution in [0.25, 0.3) is 0 Å². The second-order valence-corrected chi connectivity index (χ2v) is 5.83. The number of piperidine rings is 2. The molecule has 17 heavy (non-hydrogen) atoms. The van der Waals surface area contributed by atoms with Crippen LogP contribution in [0.3, 0.4) is 0 Å². The maximum absolute atomic E-state index is 11.3. The number of nitrogens with two attached hydrogens (primary N) is 1. The maximum atomic E-state index is 11.3. The van der Waals surface area contributed by atoms with E-state index < -0.39 is 11.3 Å². The summed E-state index contributed by atoms with van der Waals surface area (Å²) >= 11 is -1.87. The van der Waals surface area contributed by atoms with Gasteiger partial charge in [-0.1, -0.05) is 6.42 Å². The molecule has 0 aromatic rings. The first-order valence-electron chi connectivity index (χ1n) is 5.97. The lowest BCUT2D eigenvalue weighted by Gasteiger charge is -2.48. The van der Waals surface area contributed by atoms with Crippen LogP contribution in [0.1, 0.15) is 32.1 Å². The summed E-state index contributed by atoms with van der Waals surface area (Å²) in [6, 6.07) is 0.530. The molecular weight excluding hydrogens is 240 g/mol. The molecule has 2 heterocycles. The van der Waals surface area contributed by atoms with E-state index in [-0.39, 0.29) is 24.1 Å². The lowest BCUT2D eigenvalue weighted by Crippen LogP contribution is -2.58. The van der Waals surface area contributed by atoms with Crippen LogP contribution in [0, 0.1) is 5.41 Å². The van der Waals surface area contributed by atoms with Gasteiger partial charge in [0.1, 0.15) is 0 Å². The molecule has 7 heteroatoms. The van der Waals surface area contributed by atoms with Crippen molar-refractivity contribution in [2.24, 2.45) is 5.73 Å². The Hall–Kier alpha value is -0.660. The number of nitrogens with one attached hydrogen (secondary N) is 1. The molecule has 0 amide bonds. The number of hydrogen-bond donors (Lipinski definition) is 3. The monoisotopic (exact) mass is 260 g/mol. The molecule has 2 fully saturated rings. The summed E-state index contributed by atoms with van der Waals surface area (Å²) in [6.45, 7) is 0. The van der Waals surface area contributed by atoms with Crippen LogP contribution < -0.4 is 5.73 Å². The van der Waals surface area contributed by atoms with Crippen molar-refractivity contribution in [2.75, 3.05) is 7.05 Å².